The van der Waals surface area contributed by atoms with Crippen LogP contribution in [0.4, 0.5) is 4.39 Å². The minimum absolute atomic E-state index is 0.0748. The molecule has 158 valence electrons. The van der Waals surface area contributed by atoms with Gasteiger partial charge in [-0.2, -0.15) is 5.10 Å². The van der Waals surface area contributed by atoms with E-state index in [0.717, 1.165) is 11.3 Å². The van der Waals surface area contributed by atoms with Gasteiger partial charge in [0.15, 0.2) is 5.65 Å². The minimum Gasteiger partial charge on any atom is -0.365 e. The number of carbonyl (C=O) groups is 2. The van der Waals surface area contributed by atoms with Crippen molar-refractivity contribution in [1.82, 2.24) is 19.9 Å². The highest BCUT2D eigenvalue weighted by atomic mass is 35.5. The zero-order valence-corrected chi connectivity index (χ0v) is 18.1. The molecule has 0 saturated heterocycles. The Hall–Kier alpha value is -2.71. The first-order valence-corrected chi connectivity index (χ1v) is 9.93. The zero-order valence-electron chi connectivity index (χ0n) is 16.6. The van der Waals surface area contributed by atoms with Crippen molar-refractivity contribution < 1.29 is 14.0 Å². The molecule has 3 N–H and O–H groups in total. The van der Waals surface area contributed by atoms with E-state index in [-0.39, 0.29) is 27.9 Å². The highest BCUT2D eigenvalue weighted by Crippen LogP contribution is 2.28. The summed E-state index contributed by atoms with van der Waals surface area (Å²) in [5.74, 6) is -1.43. The molecule has 2 heterocycles. The van der Waals surface area contributed by atoms with E-state index in [9.17, 15) is 14.0 Å². The number of fused-ring (bicyclic) bond motifs is 1. The summed E-state index contributed by atoms with van der Waals surface area (Å²) in [6.45, 7) is 5.36. The van der Waals surface area contributed by atoms with Crippen LogP contribution in [-0.4, -0.2) is 26.4 Å². The topological polar surface area (TPSA) is 102 Å². The lowest BCUT2D eigenvalue weighted by molar-refractivity contribution is -0.121. The molecule has 1 unspecified atom stereocenters. The Morgan fingerprint density at radius 3 is 2.63 bits per heavy atom. The standard InChI is InChI=1S/C20H20Cl2FN5O2/c1-9-12(11(3)28-20(27-9)14(8-25-28)19(24)30)4-5-18(29)26-10(2)13-6-17(23)16(22)7-15(13)21/h6-8,10H,4-5H2,1-3H3,(H2,24,30)(H,26,29). The second kappa shape index (κ2) is 8.57. The van der Waals surface area contributed by atoms with Crippen LogP contribution in [0.2, 0.25) is 10.0 Å². The van der Waals surface area contributed by atoms with E-state index in [0.29, 0.717) is 23.3 Å². The molecule has 10 heteroatoms. The molecule has 0 saturated carbocycles. The van der Waals surface area contributed by atoms with Crippen molar-refractivity contribution in [2.45, 2.75) is 39.7 Å². The SMILES string of the molecule is Cc1nc2c(C(N)=O)cnn2c(C)c1CCC(=O)NC(C)c1cc(F)c(Cl)cc1Cl. The largest absolute Gasteiger partial charge is 0.365 e. The number of hydrogen-bond donors (Lipinski definition) is 2. The van der Waals surface area contributed by atoms with E-state index >= 15 is 0 Å². The van der Waals surface area contributed by atoms with Crippen molar-refractivity contribution in [2.75, 3.05) is 0 Å². The summed E-state index contributed by atoms with van der Waals surface area (Å²) >= 11 is 11.8. The van der Waals surface area contributed by atoms with Gasteiger partial charge in [0.05, 0.1) is 17.3 Å². The average Bonchev–Trinajstić information content (AvgIpc) is 3.08. The number of nitrogens with zero attached hydrogens (tertiary/aromatic N) is 3. The van der Waals surface area contributed by atoms with Crippen molar-refractivity contribution >= 4 is 40.7 Å². The number of amides is 2. The van der Waals surface area contributed by atoms with Gasteiger partial charge in [0, 0.05) is 22.8 Å². The monoisotopic (exact) mass is 451 g/mol. The fraction of sp³-hybridized carbons (Fsp3) is 0.300. The van der Waals surface area contributed by atoms with E-state index < -0.39 is 17.8 Å². The first-order chi connectivity index (χ1) is 14.1. The number of carbonyl (C=O) groups excluding carboxylic acids is 2. The Morgan fingerprint density at radius 1 is 1.27 bits per heavy atom. The van der Waals surface area contributed by atoms with E-state index in [1.165, 1.54) is 18.3 Å². The van der Waals surface area contributed by atoms with Crippen LogP contribution in [0.1, 0.15) is 52.3 Å². The van der Waals surface area contributed by atoms with Gasteiger partial charge in [-0.05, 0) is 50.5 Å². The second-order valence-electron chi connectivity index (χ2n) is 7.00. The molecule has 0 fully saturated rings. The van der Waals surface area contributed by atoms with Gasteiger partial charge >= 0.3 is 0 Å². The molecular formula is C20H20Cl2FN5O2. The molecule has 0 radical (unpaired) electrons. The Labute approximate surface area is 182 Å². The van der Waals surface area contributed by atoms with Crippen LogP contribution in [0.3, 0.4) is 0 Å². The minimum atomic E-state index is -0.602. The van der Waals surface area contributed by atoms with Crippen molar-refractivity contribution in [3.8, 4) is 0 Å². The summed E-state index contributed by atoms with van der Waals surface area (Å²) in [5.41, 5.74) is 8.74. The van der Waals surface area contributed by atoms with Crippen LogP contribution in [0.15, 0.2) is 18.3 Å². The molecule has 0 bridgehead atoms. The van der Waals surface area contributed by atoms with Gasteiger partial charge in [0.25, 0.3) is 5.91 Å². The Kier molecular flexibility index (Phi) is 6.28. The fourth-order valence-corrected chi connectivity index (χ4v) is 3.89. The summed E-state index contributed by atoms with van der Waals surface area (Å²) in [7, 11) is 0. The maximum absolute atomic E-state index is 13.7. The van der Waals surface area contributed by atoms with Crippen LogP contribution in [0.25, 0.3) is 5.65 Å². The van der Waals surface area contributed by atoms with Crippen molar-refractivity contribution in [2.24, 2.45) is 5.73 Å². The van der Waals surface area contributed by atoms with Crippen LogP contribution in [-0.2, 0) is 11.2 Å². The first kappa shape index (κ1) is 22.0. The fourth-order valence-electron chi connectivity index (χ4n) is 3.35. The summed E-state index contributed by atoms with van der Waals surface area (Å²) in [4.78, 5) is 28.4. The first-order valence-electron chi connectivity index (χ1n) is 9.17. The molecular weight excluding hydrogens is 432 g/mol. The number of aryl methyl sites for hydroxylation is 2. The number of primary amides is 1. The maximum Gasteiger partial charge on any atom is 0.254 e. The van der Waals surface area contributed by atoms with Gasteiger partial charge in [-0.15, -0.1) is 0 Å². The maximum atomic E-state index is 13.7. The quantitative estimate of drug-likeness (QED) is 0.557. The number of nitrogens with one attached hydrogen (secondary N) is 1. The Morgan fingerprint density at radius 2 is 1.97 bits per heavy atom. The number of rotatable bonds is 6. The van der Waals surface area contributed by atoms with Crippen LogP contribution < -0.4 is 11.1 Å². The average molecular weight is 452 g/mol. The molecule has 0 spiro atoms. The van der Waals surface area contributed by atoms with Crippen molar-refractivity contribution in [3.05, 3.63) is 62.3 Å². The lowest BCUT2D eigenvalue weighted by atomic mass is 10.0. The van der Waals surface area contributed by atoms with Crippen LogP contribution in [0.5, 0.6) is 0 Å². The van der Waals surface area contributed by atoms with E-state index in [1.807, 2.05) is 6.92 Å². The lowest BCUT2D eigenvalue weighted by Gasteiger charge is -2.17. The predicted molar refractivity (Wildman–Crippen MR) is 112 cm³/mol. The molecule has 30 heavy (non-hydrogen) atoms. The van der Waals surface area contributed by atoms with Crippen molar-refractivity contribution in [1.29, 1.82) is 0 Å². The third-order valence-corrected chi connectivity index (χ3v) is 5.58. The zero-order chi connectivity index (χ0) is 22.2. The third kappa shape index (κ3) is 4.24. The van der Waals surface area contributed by atoms with E-state index in [4.69, 9.17) is 28.9 Å². The molecule has 3 rings (SSSR count). The molecule has 7 nitrogen and oxygen atoms in total. The Balaban J connectivity index is 1.74. The van der Waals surface area contributed by atoms with Gasteiger partial charge < -0.3 is 11.1 Å². The summed E-state index contributed by atoms with van der Waals surface area (Å²) in [5, 5.41) is 7.19. The molecule has 3 aromatic rings. The van der Waals surface area contributed by atoms with E-state index in [1.54, 1.807) is 18.4 Å². The van der Waals surface area contributed by atoms with Gasteiger partial charge in [0.1, 0.15) is 11.4 Å². The number of hydrogen-bond acceptors (Lipinski definition) is 4. The number of halogens is 3. The molecule has 1 aromatic carbocycles. The highest BCUT2D eigenvalue weighted by Gasteiger charge is 2.19. The molecule has 0 aliphatic heterocycles. The normalized spacial score (nSPS) is 12.2. The van der Waals surface area contributed by atoms with Crippen LogP contribution >= 0.6 is 23.2 Å². The summed E-state index contributed by atoms with van der Waals surface area (Å²) < 4.78 is 15.3. The van der Waals surface area contributed by atoms with Gasteiger partial charge in [-0.3, -0.25) is 9.59 Å². The predicted octanol–water partition coefficient (Wildman–Crippen LogP) is 3.70. The van der Waals surface area contributed by atoms with Gasteiger partial charge in [-0.25, -0.2) is 13.9 Å². The second-order valence-corrected chi connectivity index (χ2v) is 7.81. The molecule has 0 aliphatic rings. The number of nitrogens with two attached hydrogens (primary N) is 1. The number of benzene rings is 1. The van der Waals surface area contributed by atoms with Crippen LogP contribution in [0, 0.1) is 19.7 Å². The highest BCUT2D eigenvalue weighted by molar-refractivity contribution is 6.35. The molecule has 2 aromatic heterocycles. The van der Waals surface area contributed by atoms with Gasteiger partial charge in [-0.1, -0.05) is 23.2 Å². The van der Waals surface area contributed by atoms with Crippen molar-refractivity contribution in [3.63, 3.8) is 0 Å². The smallest absolute Gasteiger partial charge is 0.254 e. The third-order valence-electron chi connectivity index (χ3n) is 4.96. The lowest BCUT2D eigenvalue weighted by Crippen LogP contribution is -2.27. The number of aromatic nitrogens is 3. The Bertz CT molecular complexity index is 1160. The molecule has 0 aliphatic carbocycles. The molecule has 2 amide bonds. The van der Waals surface area contributed by atoms with Gasteiger partial charge in [0.2, 0.25) is 5.91 Å². The summed E-state index contributed by atoms with van der Waals surface area (Å²) in [6.07, 6.45) is 1.97. The molecule has 1 atom stereocenters. The summed E-state index contributed by atoms with van der Waals surface area (Å²) in [6, 6.07) is 2.04. The van der Waals surface area contributed by atoms with E-state index in [2.05, 4.69) is 15.4 Å².